The molecule has 0 aliphatic rings. The van der Waals surface area contributed by atoms with Crippen LogP contribution >= 0.6 is 0 Å². The number of methoxy groups -OCH3 is 1. The molecule has 2 aromatic carbocycles. The lowest BCUT2D eigenvalue weighted by Crippen LogP contribution is -2.05. The van der Waals surface area contributed by atoms with Gasteiger partial charge in [0.25, 0.3) is 0 Å². The van der Waals surface area contributed by atoms with Crippen LogP contribution < -0.4 is 15.2 Å². The Hall–Kier alpha value is -2.75. The highest BCUT2D eigenvalue weighted by Crippen LogP contribution is 2.22. The molecule has 1 amide bonds. The third kappa shape index (κ3) is 4.38. The first-order valence-corrected chi connectivity index (χ1v) is 6.51. The third-order valence-corrected chi connectivity index (χ3v) is 2.88. The Labute approximate surface area is 123 Å². The van der Waals surface area contributed by atoms with E-state index in [2.05, 4.69) is 0 Å². The lowest BCUT2D eigenvalue weighted by Gasteiger charge is -2.11. The summed E-state index contributed by atoms with van der Waals surface area (Å²) in [4.78, 5) is 10.8. The minimum absolute atomic E-state index is 0.380. The predicted molar refractivity (Wildman–Crippen MR) is 82.0 cm³/mol. The van der Waals surface area contributed by atoms with Crippen molar-refractivity contribution in [1.29, 1.82) is 0 Å². The molecule has 21 heavy (non-hydrogen) atoms. The van der Waals surface area contributed by atoms with E-state index >= 15 is 0 Å². The molecule has 0 saturated carbocycles. The molecule has 2 rings (SSSR count). The zero-order valence-corrected chi connectivity index (χ0v) is 11.8. The van der Waals surface area contributed by atoms with Crippen molar-refractivity contribution in [2.45, 2.75) is 6.61 Å². The monoisotopic (exact) mass is 283 g/mol. The van der Waals surface area contributed by atoms with Crippen LogP contribution in [0.5, 0.6) is 11.5 Å². The van der Waals surface area contributed by atoms with Crippen molar-refractivity contribution in [2.75, 3.05) is 7.11 Å². The summed E-state index contributed by atoms with van der Waals surface area (Å²) in [6.45, 7) is 0.380. The number of carbonyl (C=O) groups is 1. The fourth-order valence-corrected chi connectivity index (χ4v) is 1.87. The van der Waals surface area contributed by atoms with Crippen LogP contribution in [0.2, 0.25) is 0 Å². The van der Waals surface area contributed by atoms with Crippen molar-refractivity contribution in [2.24, 2.45) is 5.73 Å². The Morgan fingerprint density at radius 2 is 1.95 bits per heavy atom. The quantitative estimate of drug-likeness (QED) is 0.829. The number of para-hydroxylation sites is 1. The lowest BCUT2D eigenvalue weighted by atomic mass is 10.1. The Balaban J connectivity index is 2.16. The number of rotatable bonds is 6. The summed E-state index contributed by atoms with van der Waals surface area (Å²) in [6, 6.07) is 15.1. The van der Waals surface area contributed by atoms with Gasteiger partial charge in [-0.15, -0.1) is 0 Å². The van der Waals surface area contributed by atoms with Gasteiger partial charge < -0.3 is 15.2 Å². The topological polar surface area (TPSA) is 61.5 Å². The maximum atomic E-state index is 10.8. The van der Waals surface area contributed by atoms with Crippen molar-refractivity contribution >= 4 is 12.0 Å². The molecule has 0 saturated heterocycles. The second kappa shape index (κ2) is 7.14. The van der Waals surface area contributed by atoms with Crippen molar-refractivity contribution < 1.29 is 14.3 Å². The van der Waals surface area contributed by atoms with E-state index in [1.807, 2.05) is 48.5 Å². The van der Waals surface area contributed by atoms with Gasteiger partial charge in [0.05, 0.1) is 7.11 Å². The van der Waals surface area contributed by atoms with Gasteiger partial charge in [0.1, 0.15) is 18.1 Å². The molecule has 4 heteroatoms. The number of hydrogen-bond donors (Lipinski definition) is 1. The van der Waals surface area contributed by atoms with E-state index in [1.165, 1.54) is 6.08 Å². The number of primary amides is 1. The highest BCUT2D eigenvalue weighted by molar-refractivity contribution is 5.90. The summed E-state index contributed by atoms with van der Waals surface area (Å²) in [6.07, 6.45) is 2.98. The molecular formula is C17H17NO3. The molecule has 0 radical (unpaired) electrons. The summed E-state index contributed by atoms with van der Waals surface area (Å²) < 4.78 is 11.0. The van der Waals surface area contributed by atoms with Crippen LogP contribution in [0.15, 0.2) is 54.6 Å². The summed E-state index contributed by atoms with van der Waals surface area (Å²) in [5.41, 5.74) is 6.85. The first-order chi connectivity index (χ1) is 10.2. The van der Waals surface area contributed by atoms with Gasteiger partial charge in [0, 0.05) is 11.6 Å². The summed E-state index contributed by atoms with van der Waals surface area (Å²) >= 11 is 0. The first kappa shape index (κ1) is 14.7. The maximum Gasteiger partial charge on any atom is 0.241 e. The molecule has 0 heterocycles. The van der Waals surface area contributed by atoms with Crippen LogP contribution in [0.1, 0.15) is 11.1 Å². The fourth-order valence-electron chi connectivity index (χ4n) is 1.87. The first-order valence-electron chi connectivity index (χ1n) is 6.51. The molecule has 0 bridgehead atoms. The molecule has 0 aliphatic heterocycles. The standard InChI is InChI=1S/C17H17NO3/c1-20-16-9-7-13(8-10-17(18)19)11-14(16)12-21-15-5-3-2-4-6-15/h2-11H,12H2,1H3,(H2,18,19)/b10-8-. The second-order valence-electron chi connectivity index (χ2n) is 4.41. The number of amides is 1. The van der Waals surface area contributed by atoms with Crippen LogP contribution in [0.3, 0.4) is 0 Å². The van der Waals surface area contributed by atoms with E-state index in [4.69, 9.17) is 15.2 Å². The molecular weight excluding hydrogens is 266 g/mol. The molecule has 0 atom stereocenters. The van der Waals surface area contributed by atoms with Gasteiger partial charge in [0.15, 0.2) is 0 Å². The number of carbonyl (C=O) groups excluding carboxylic acids is 1. The fraction of sp³-hybridized carbons (Fsp3) is 0.118. The van der Waals surface area contributed by atoms with E-state index in [1.54, 1.807) is 13.2 Å². The van der Waals surface area contributed by atoms with Crippen LogP contribution in [0.25, 0.3) is 6.08 Å². The Kier molecular flexibility index (Phi) is 4.99. The van der Waals surface area contributed by atoms with Crippen LogP contribution in [-0.2, 0) is 11.4 Å². The predicted octanol–water partition coefficient (Wildman–Crippen LogP) is 2.77. The second-order valence-corrected chi connectivity index (χ2v) is 4.41. The minimum Gasteiger partial charge on any atom is -0.496 e. The van der Waals surface area contributed by atoms with Gasteiger partial charge in [0.2, 0.25) is 5.91 Å². The van der Waals surface area contributed by atoms with Gasteiger partial charge in [-0.1, -0.05) is 24.3 Å². The van der Waals surface area contributed by atoms with E-state index < -0.39 is 5.91 Å². The molecule has 2 N–H and O–H groups in total. The summed E-state index contributed by atoms with van der Waals surface area (Å²) in [5, 5.41) is 0. The molecule has 4 nitrogen and oxygen atoms in total. The van der Waals surface area contributed by atoms with E-state index in [9.17, 15) is 4.79 Å². The maximum absolute atomic E-state index is 10.8. The average Bonchev–Trinajstić information content (AvgIpc) is 2.52. The highest BCUT2D eigenvalue weighted by atomic mass is 16.5. The molecule has 0 spiro atoms. The van der Waals surface area contributed by atoms with Crippen LogP contribution in [0, 0.1) is 0 Å². The lowest BCUT2D eigenvalue weighted by molar-refractivity contribution is -0.113. The molecule has 0 aromatic heterocycles. The molecule has 108 valence electrons. The molecule has 2 aromatic rings. The number of nitrogens with two attached hydrogens (primary N) is 1. The van der Waals surface area contributed by atoms with Crippen LogP contribution in [-0.4, -0.2) is 13.0 Å². The minimum atomic E-state index is -0.479. The SMILES string of the molecule is COc1ccc(/C=C\C(N)=O)cc1COc1ccccc1. The highest BCUT2D eigenvalue weighted by Gasteiger charge is 2.05. The Morgan fingerprint density at radius 1 is 1.19 bits per heavy atom. The Morgan fingerprint density at radius 3 is 2.62 bits per heavy atom. The largest absolute Gasteiger partial charge is 0.496 e. The summed E-state index contributed by atoms with van der Waals surface area (Å²) in [5.74, 6) is 1.05. The average molecular weight is 283 g/mol. The van der Waals surface area contributed by atoms with Crippen molar-refractivity contribution in [3.8, 4) is 11.5 Å². The van der Waals surface area contributed by atoms with Crippen molar-refractivity contribution in [3.63, 3.8) is 0 Å². The zero-order valence-electron chi connectivity index (χ0n) is 11.8. The zero-order chi connectivity index (χ0) is 15.1. The van der Waals surface area contributed by atoms with Crippen LogP contribution in [0.4, 0.5) is 0 Å². The van der Waals surface area contributed by atoms with Gasteiger partial charge in [-0.25, -0.2) is 0 Å². The number of benzene rings is 2. The van der Waals surface area contributed by atoms with E-state index in [0.717, 1.165) is 22.6 Å². The Bertz CT molecular complexity index is 636. The van der Waals surface area contributed by atoms with Gasteiger partial charge >= 0.3 is 0 Å². The van der Waals surface area contributed by atoms with Gasteiger partial charge in [-0.2, -0.15) is 0 Å². The smallest absolute Gasteiger partial charge is 0.241 e. The van der Waals surface area contributed by atoms with Gasteiger partial charge in [-0.05, 0) is 35.9 Å². The third-order valence-electron chi connectivity index (χ3n) is 2.88. The normalized spacial score (nSPS) is 10.5. The molecule has 0 unspecified atom stereocenters. The van der Waals surface area contributed by atoms with E-state index in [0.29, 0.717) is 6.61 Å². The van der Waals surface area contributed by atoms with Gasteiger partial charge in [-0.3, -0.25) is 4.79 Å². The number of ether oxygens (including phenoxy) is 2. The van der Waals surface area contributed by atoms with E-state index in [-0.39, 0.29) is 0 Å². The molecule has 0 fully saturated rings. The van der Waals surface area contributed by atoms with Crippen molar-refractivity contribution in [3.05, 3.63) is 65.7 Å². The molecule has 0 aliphatic carbocycles. The summed E-state index contributed by atoms with van der Waals surface area (Å²) in [7, 11) is 1.61. The van der Waals surface area contributed by atoms with Crippen molar-refractivity contribution in [1.82, 2.24) is 0 Å². The number of hydrogen-bond acceptors (Lipinski definition) is 3.